The zero-order valence-corrected chi connectivity index (χ0v) is 21.2. The second kappa shape index (κ2) is 8.58. The highest BCUT2D eigenvalue weighted by Gasteiger charge is 2.38. The molecule has 4 rings (SSSR count). The standard InChI is InChI=1S/C27H30ClN3O3/c1-7-30-23-13-22(28)18(11-20(23)17(4)14-27(30,5)6)12-21-24(32)29-26(34)31(25(21)33)19-9-8-15(2)16(3)10-19/h8-13,17H,7,14H2,1-6H3,(H,29,32,34)/b21-12-. The fraction of sp³-hybridized carbons (Fsp3) is 0.370. The van der Waals surface area contributed by atoms with E-state index in [-0.39, 0.29) is 17.0 Å². The van der Waals surface area contributed by atoms with Crippen molar-refractivity contribution in [3.8, 4) is 0 Å². The van der Waals surface area contributed by atoms with Gasteiger partial charge in [0.1, 0.15) is 5.57 Å². The molecule has 2 aromatic carbocycles. The Labute approximate surface area is 205 Å². The van der Waals surface area contributed by atoms with Crippen molar-refractivity contribution in [2.45, 2.75) is 59.4 Å². The number of carbonyl (C=O) groups is 3. The molecule has 34 heavy (non-hydrogen) atoms. The number of amides is 4. The summed E-state index contributed by atoms with van der Waals surface area (Å²) in [6, 6.07) is 8.41. The van der Waals surface area contributed by atoms with Crippen LogP contribution in [0.2, 0.25) is 5.02 Å². The highest BCUT2D eigenvalue weighted by molar-refractivity contribution is 6.40. The van der Waals surface area contributed by atoms with Crippen LogP contribution in [0.15, 0.2) is 35.9 Å². The number of barbiturate groups is 1. The maximum Gasteiger partial charge on any atom is 0.335 e. The molecule has 1 unspecified atom stereocenters. The van der Waals surface area contributed by atoms with E-state index in [1.165, 1.54) is 6.08 Å². The van der Waals surface area contributed by atoms with Gasteiger partial charge in [-0.1, -0.05) is 24.6 Å². The lowest BCUT2D eigenvalue weighted by molar-refractivity contribution is -0.122. The molecule has 2 aliphatic heterocycles. The summed E-state index contributed by atoms with van der Waals surface area (Å²) in [5.41, 5.74) is 5.04. The lowest BCUT2D eigenvalue weighted by atomic mass is 9.79. The Morgan fingerprint density at radius 2 is 1.82 bits per heavy atom. The zero-order valence-electron chi connectivity index (χ0n) is 20.5. The summed E-state index contributed by atoms with van der Waals surface area (Å²) in [6.45, 7) is 13.4. The van der Waals surface area contributed by atoms with E-state index < -0.39 is 17.8 Å². The van der Waals surface area contributed by atoms with Crippen LogP contribution in [-0.4, -0.2) is 29.9 Å². The van der Waals surface area contributed by atoms with Crippen molar-refractivity contribution in [2.24, 2.45) is 0 Å². The van der Waals surface area contributed by atoms with Gasteiger partial charge in [0.05, 0.1) is 5.69 Å². The topological polar surface area (TPSA) is 69.7 Å². The monoisotopic (exact) mass is 479 g/mol. The van der Waals surface area contributed by atoms with Gasteiger partial charge in [-0.25, -0.2) is 9.69 Å². The van der Waals surface area contributed by atoms with E-state index in [4.69, 9.17) is 11.6 Å². The molecule has 0 saturated carbocycles. The summed E-state index contributed by atoms with van der Waals surface area (Å²) in [5, 5.41) is 2.74. The number of nitrogens with zero attached hydrogens (tertiary/aromatic N) is 2. The largest absolute Gasteiger partial charge is 0.366 e. The molecular formula is C27H30ClN3O3. The van der Waals surface area contributed by atoms with Crippen LogP contribution in [0.1, 0.15) is 62.3 Å². The summed E-state index contributed by atoms with van der Waals surface area (Å²) >= 11 is 6.66. The van der Waals surface area contributed by atoms with Crippen LogP contribution < -0.4 is 15.1 Å². The first-order valence-corrected chi connectivity index (χ1v) is 11.9. The highest BCUT2D eigenvalue weighted by Crippen LogP contribution is 2.45. The second-order valence-electron chi connectivity index (χ2n) is 9.82. The van der Waals surface area contributed by atoms with Crippen molar-refractivity contribution in [1.29, 1.82) is 0 Å². The molecule has 1 atom stereocenters. The zero-order chi connectivity index (χ0) is 24.9. The number of aryl methyl sites for hydroxylation is 2. The van der Waals surface area contributed by atoms with Crippen molar-refractivity contribution >= 4 is 46.9 Å². The molecule has 0 radical (unpaired) electrons. The van der Waals surface area contributed by atoms with Crippen LogP contribution >= 0.6 is 11.6 Å². The molecule has 0 aromatic heterocycles. The quantitative estimate of drug-likeness (QED) is 0.450. The molecule has 4 amide bonds. The Kier molecular flexibility index (Phi) is 6.06. The van der Waals surface area contributed by atoms with Gasteiger partial charge < -0.3 is 4.90 Å². The number of carbonyl (C=O) groups excluding carboxylic acids is 3. The van der Waals surface area contributed by atoms with Gasteiger partial charge in [0, 0.05) is 22.8 Å². The number of hydrogen-bond donors (Lipinski definition) is 1. The molecule has 0 bridgehead atoms. The second-order valence-corrected chi connectivity index (χ2v) is 10.2. The summed E-state index contributed by atoms with van der Waals surface area (Å²) in [5.74, 6) is -1.12. The van der Waals surface area contributed by atoms with Crippen LogP contribution in [0.3, 0.4) is 0 Å². The summed E-state index contributed by atoms with van der Waals surface area (Å²) in [4.78, 5) is 41.9. The van der Waals surface area contributed by atoms with Crippen molar-refractivity contribution in [3.05, 3.63) is 63.2 Å². The Balaban J connectivity index is 1.78. The van der Waals surface area contributed by atoms with E-state index in [2.05, 4.69) is 37.9 Å². The molecule has 7 heteroatoms. The first-order valence-electron chi connectivity index (χ1n) is 11.5. The molecule has 0 aliphatic carbocycles. The normalized spacial score (nSPS) is 21.1. The number of anilines is 2. The fourth-order valence-electron chi connectivity index (χ4n) is 5.14. The first-order chi connectivity index (χ1) is 15.9. The number of imide groups is 2. The van der Waals surface area contributed by atoms with Crippen molar-refractivity contribution in [2.75, 3.05) is 16.3 Å². The van der Waals surface area contributed by atoms with Gasteiger partial charge in [0.15, 0.2) is 0 Å². The lowest BCUT2D eigenvalue weighted by Gasteiger charge is -2.47. The number of rotatable bonds is 3. The summed E-state index contributed by atoms with van der Waals surface area (Å²) < 4.78 is 0. The third-order valence-corrected chi connectivity index (χ3v) is 7.30. The SMILES string of the molecule is CCN1c2cc(Cl)c(/C=C3/C(=O)NC(=O)N(c4ccc(C)c(C)c4)C3=O)cc2C(C)CC1(C)C. The third kappa shape index (κ3) is 4.00. The minimum Gasteiger partial charge on any atom is -0.366 e. The van der Waals surface area contributed by atoms with E-state index in [1.807, 2.05) is 32.0 Å². The Hall–Kier alpha value is -3.12. The maximum atomic E-state index is 13.3. The van der Waals surface area contributed by atoms with E-state index in [0.29, 0.717) is 16.3 Å². The van der Waals surface area contributed by atoms with Gasteiger partial charge in [0.2, 0.25) is 0 Å². The highest BCUT2D eigenvalue weighted by atomic mass is 35.5. The van der Waals surface area contributed by atoms with Crippen LogP contribution in [0.4, 0.5) is 16.2 Å². The molecule has 1 fully saturated rings. The average Bonchev–Trinajstić information content (AvgIpc) is 2.73. The minimum atomic E-state index is -0.763. The Morgan fingerprint density at radius 1 is 1.12 bits per heavy atom. The predicted octanol–water partition coefficient (Wildman–Crippen LogP) is 5.74. The first kappa shape index (κ1) is 24.0. The van der Waals surface area contributed by atoms with Crippen LogP contribution in [0.5, 0.6) is 0 Å². The molecule has 1 saturated heterocycles. The molecule has 0 spiro atoms. The van der Waals surface area contributed by atoms with Crippen LogP contribution in [0.25, 0.3) is 6.08 Å². The number of halogens is 1. The minimum absolute atomic E-state index is 0.00324. The van der Waals surface area contributed by atoms with Gasteiger partial charge in [-0.3, -0.25) is 14.9 Å². The number of fused-ring (bicyclic) bond motifs is 1. The lowest BCUT2D eigenvalue weighted by Crippen LogP contribution is -2.54. The molecule has 6 nitrogen and oxygen atoms in total. The number of urea groups is 1. The van der Waals surface area contributed by atoms with Gasteiger partial charge in [-0.2, -0.15) is 0 Å². The van der Waals surface area contributed by atoms with Crippen LogP contribution in [-0.2, 0) is 9.59 Å². The summed E-state index contributed by atoms with van der Waals surface area (Å²) in [6.07, 6.45) is 2.46. The Morgan fingerprint density at radius 3 is 2.47 bits per heavy atom. The van der Waals surface area contributed by atoms with Gasteiger partial charge in [0.25, 0.3) is 11.8 Å². The van der Waals surface area contributed by atoms with Crippen molar-refractivity contribution in [1.82, 2.24) is 5.32 Å². The molecule has 178 valence electrons. The number of benzene rings is 2. The molecule has 2 heterocycles. The van der Waals surface area contributed by atoms with E-state index in [9.17, 15) is 14.4 Å². The average molecular weight is 480 g/mol. The third-order valence-electron chi connectivity index (χ3n) is 6.97. The number of hydrogen-bond acceptors (Lipinski definition) is 4. The number of nitrogens with one attached hydrogen (secondary N) is 1. The van der Waals surface area contributed by atoms with Gasteiger partial charge >= 0.3 is 6.03 Å². The van der Waals surface area contributed by atoms with E-state index in [0.717, 1.165) is 40.2 Å². The van der Waals surface area contributed by atoms with E-state index in [1.54, 1.807) is 12.1 Å². The Bertz CT molecular complexity index is 1250. The summed E-state index contributed by atoms with van der Waals surface area (Å²) in [7, 11) is 0. The smallest absolute Gasteiger partial charge is 0.335 e. The van der Waals surface area contributed by atoms with Crippen LogP contribution in [0, 0.1) is 13.8 Å². The van der Waals surface area contributed by atoms with Gasteiger partial charge in [-0.15, -0.1) is 0 Å². The van der Waals surface area contributed by atoms with Crippen molar-refractivity contribution < 1.29 is 14.4 Å². The molecule has 2 aliphatic rings. The maximum absolute atomic E-state index is 13.3. The van der Waals surface area contributed by atoms with Gasteiger partial charge in [-0.05, 0) is 99.6 Å². The molecule has 2 aromatic rings. The van der Waals surface area contributed by atoms with Crippen molar-refractivity contribution in [3.63, 3.8) is 0 Å². The molecule has 1 N–H and O–H groups in total. The fourth-order valence-corrected chi connectivity index (χ4v) is 5.35. The predicted molar refractivity (Wildman–Crippen MR) is 137 cm³/mol. The molecular weight excluding hydrogens is 450 g/mol. The van der Waals surface area contributed by atoms with E-state index >= 15 is 0 Å².